The number of H-pyrrole nitrogens is 1. The summed E-state index contributed by atoms with van der Waals surface area (Å²) in [7, 11) is 0. The minimum absolute atomic E-state index is 0.261. The molecule has 1 fully saturated rings. The summed E-state index contributed by atoms with van der Waals surface area (Å²) >= 11 is 0. The Kier molecular flexibility index (Phi) is 4.74. The Morgan fingerprint density at radius 2 is 1.92 bits per heavy atom. The number of nitrogens with zero attached hydrogens (tertiary/aromatic N) is 3. The highest BCUT2D eigenvalue weighted by Gasteiger charge is 2.20. The van der Waals surface area contributed by atoms with E-state index in [-0.39, 0.29) is 5.92 Å². The van der Waals surface area contributed by atoms with Crippen LogP contribution in [0.2, 0.25) is 0 Å². The summed E-state index contributed by atoms with van der Waals surface area (Å²) in [5, 5.41) is 0. The van der Waals surface area contributed by atoms with Crippen molar-refractivity contribution in [3.05, 3.63) is 77.0 Å². The minimum Gasteiger partial charge on any atom is -0.357 e. The topological polar surface area (TPSA) is 44.8 Å². The lowest BCUT2D eigenvalue weighted by molar-refractivity contribution is 0.769. The first kappa shape index (κ1) is 16.8. The quantitative estimate of drug-likeness (QED) is 0.745. The molecule has 4 rings (SSSR count). The molecule has 1 aliphatic rings. The largest absolute Gasteiger partial charge is 0.357 e. The third-order valence-electron chi connectivity index (χ3n) is 5.60. The number of benzene rings is 1. The summed E-state index contributed by atoms with van der Waals surface area (Å²) in [6.07, 6.45) is 9.22. The van der Waals surface area contributed by atoms with Crippen LogP contribution >= 0.6 is 0 Å². The van der Waals surface area contributed by atoms with E-state index < -0.39 is 0 Å². The molecule has 0 bridgehead atoms. The van der Waals surface area contributed by atoms with Crippen LogP contribution in [0.1, 0.15) is 46.7 Å². The SMILES string of the molecule is Cc1cccc(C(Cc2ccc(N3CCCC3)nc2)c2cnc[nH]2)c1C. The molecule has 134 valence electrons. The van der Waals surface area contributed by atoms with Gasteiger partial charge in [-0.3, -0.25) is 0 Å². The second kappa shape index (κ2) is 7.32. The van der Waals surface area contributed by atoms with Gasteiger partial charge in [0.05, 0.1) is 6.33 Å². The van der Waals surface area contributed by atoms with Crippen LogP contribution in [-0.4, -0.2) is 28.0 Å². The Balaban J connectivity index is 1.62. The van der Waals surface area contributed by atoms with Gasteiger partial charge in [-0.1, -0.05) is 24.3 Å². The number of imidazole rings is 1. The van der Waals surface area contributed by atoms with Crippen molar-refractivity contribution in [3.8, 4) is 0 Å². The lowest BCUT2D eigenvalue weighted by atomic mass is 9.86. The van der Waals surface area contributed by atoms with Gasteiger partial charge in [-0.05, 0) is 61.4 Å². The van der Waals surface area contributed by atoms with Gasteiger partial charge < -0.3 is 9.88 Å². The Morgan fingerprint density at radius 3 is 2.62 bits per heavy atom. The predicted octanol–water partition coefficient (Wildman–Crippen LogP) is 4.40. The monoisotopic (exact) mass is 346 g/mol. The van der Waals surface area contributed by atoms with Crippen molar-refractivity contribution in [3.63, 3.8) is 0 Å². The number of anilines is 1. The van der Waals surface area contributed by atoms with Crippen LogP contribution in [0.3, 0.4) is 0 Å². The Morgan fingerprint density at radius 1 is 1.08 bits per heavy atom. The second-order valence-electron chi connectivity index (χ2n) is 7.27. The standard InChI is InChI=1S/C22H26N4/c1-16-6-5-7-19(17(16)2)20(21-14-23-15-25-21)12-18-8-9-22(24-13-18)26-10-3-4-11-26/h5-9,13-15,20H,3-4,10-12H2,1-2H3,(H,23,25). The molecule has 4 heteroatoms. The molecule has 0 amide bonds. The van der Waals surface area contributed by atoms with E-state index >= 15 is 0 Å². The Bertz CT molecular complexity index is 846. The van der Waals surface area contributed by atoms with Gasteiger partial charge in [0, 0.05) is 37.1 Å². The van der Waals surface area contributed by atoms with Crippen LogP contribution in [0.25, 0.3) is 0 Å². The summed E-state index contributed by atoms with van der Waals surface area (Å²) in [6.45, 7) is 6.65. The van der Waals surface area contributed by atoms with E-state index in [1.165, 1.54) is 35.1 Å². The van der Waals surface area contributed by atoms with E-state index in [9.17, 15) is 0 Å². The highest BCUT2D eigenvalue weighted by atomic mass is 15.2. The number of hydrogen-bond acceptors (Lipinski definition) is 3. The smallest absolute Gasteiger partial charge is 0.128 e. The van der Waals surface area contributed by atoms with Gasteiger partial charge in [-0.15, -0.1) is 0 Å². The first-order valence-corrected chi connectivity index (χ1v) is 9.46. The zero-order valence-electron chi connectivity index (χ0n) is 15.6. The molecule has 1 N–H and O–H groups in total. The predicted molar refractivity (Wildman–Crippen MR) is 106 cm³/mol. The number of aromatic nitrogens is 3. The molecule has 1 atom stereocenters. The highest BCUT2D eigenvalue weighted by molar-refractivity contribution is 5.43. The van der Waals surface area contributed by atoms with Gasteiger partial charge in [0.1, 0.15) is 5.82 Å². The molecule has 1 saturated heterocycles. The maximum absolute atomic E-state index is 4.73. The molecular formula is C22H26N4. The number of pyridine rings is 1. The van der Waals surface area contributed by atoms with E-state index in [1.807, 2.05) is 12.4 Å². The zero-order valence-corrected chi connectivity index (χ0v) is 15.6. The van der Waals surface area contributed by atoms with Crippen molar-refractivity contribution in [2.24, 2.45) is 0 Å². The van der Waals surface area contributed by atoms with Crippen LogP contribution in [0.15, 0.2) is 49.1 Å². The third-order valence-corrected chi connectivity index (χ3v) is 5.60. The molecule has 1 unspecified atom stereocenters. The second-order valence-corrected chi connectivity index (χ2v) is 7.27. The summed E-state index contributed by atoms with van der Waals surface area (Å²) in [4.78, 5) is 14.7. The fraction of sp³-hybridized carbons (Fsp3) is 0.364. The third kappa shape index (κ3) is 3.36. The average molecular weight is 346 g/mol. The van der Waals surface area contributed by atoms with Crippen LogP contribution in [0.4, 0.5) is 5.82 Å². The maximum Gasteiger partial charge on any atom is 0.128 e. The van der Waals surface area contributed by atoms with Crippen LogP contribution in [-0.2, 0) is 6.42 Å². The molecule has 26 heavy (non-hydrogen) atoms. The van der Waals surface area contributed by atoms with Crippen molar-refractivity contribution in [1.82, 2.24) is 15.0 Å². The van der Waals surface area contributed by atoms with Gasteiger partial charge in [0.15, 0.2) is 0 Å². The van der Waals surface area contributed by atoms with Crippen LogP contribution in [0.5, 0.6) is 0 Å². The van der Waals surface area contributed by atoms with Gasteiger partial charge in [-0.2, -0.15) is 0 Å². The first-order chi connectivity index (χ1) is 12.7. The van der Waals surface area contributed by atoms with Crippen molar-refractivity contribution in [2.45, 2.75) is 39.0 Å². The zero-order chi connectivity index (χ0) is 17.9. The van der Waals surface area contributed by atoms with Gasteiger partial charge in [0.2, 0.25) is 0 Å². The number of aryl methyl sites for hydroxylation is 1. The fourth-order valence-electron chi connectivity index (χ4n) is 3.90. The molecule has 0 aliphatic carbocycles. The molecule has 4 nitrogen and oxygen atoms in total. The molecule has 0 saturated carbocycles. The Labute approximate surface area is 155 Å². The van der Waals surface area contributed by atoms with E-state index in [0.29, 0.717) is 0 Å². The van der Waals surface area contributed by atoms with Crippen molar-refractivity contribution >= 4 is 5.82 Å². The number of rotatable bonds is 5. The molecule has 2 aromatic heterocycles. The number of aromatic amines is 1. The summed E-state index contributed by atoms with van der Waals surface area (Å²) in [5.74, 6) is 1.37. The highest BCUT2D eigenvalue weighted by Crippen LogP contribution is 2.31. The van der Waals surface area contributed by atoms with E-state index in [2.05, 4.69) is 59.0 Å². The number of hydrogen-bond donors (Lipinski definition) is 1. The van der Waals surface area contributed by atoms with E-state index in [0.717, 1.165) is 31.0 Å². The van der Waals surface area contributed by atoms with Gasteiger partial charge >= 0.3 is 0 Å². The molecule has 3 aromatic rings. The number of nitrogens with one attached hydrogen (secondary N) is 1. The summed E-state index contributed by atoms with van der Waals surface area (Å²) in [5.41, 5.74) is 6.46. The van der Waals surface area contributed by atoms with Crippen molar-refractivity contribution < 1.29 is 0 Å². The Hall–Kier alpha value is -2.62. The normalized spacial score (nSPS) is 15.4. The van der Waals surface area contributed by atoms with Gasteiger partial charge in [0.25, 0.3) is 0 Å². The minimum atomic E-state index is 0.261. The van der Waals surface area contributed by atoms with Crippen LogP contribution < -0.4 is 4.90 Å². The van der Waals surface area contributed by atoms with Crippen molar-refractivity contribution in [2.75, 3.05) is 18.0 Å². The maximum atomic E-state index is 4.73. The summed E-state index contributed by atoms with van der Waals surface area (Å²) < 4.78 is 0. The molecule has 1 aliphatic heterocycles. The molecule has 1 aromatic carbocycles. The first-order valence-electron chi connectivity index (χ1n) is 9.46. The summed E-state index contributed by atoms with van der Waals surface area (Å²) in [6, 6.07) is 11.0. The molecule has 0 radical (unpaired) electrons. The molecule has 0 spiro atoms. The average Bonchev–Trinajstić information content (AvgIpc) is 3.37. The molecule has 3 heterocycles. The fourth-order valence-corrected chi connectivity index (χ4v) is 3.90. The van der Waals surface area contributed by atoms with Crippen LogP contribution in [0, 0.1) is 13.8 Å². The van der Waals surface area contributed by atoms with Gasteiger partial charge in [-0.25, -0.2) is 9.97 Å². The molecular weight excluding hydrogens is 320 g/mol. The lowest BCUT2D eigenvalue weighted by Crippen LogP contribution is -2.18. The van der Waals surface area contributed by atoms with E-state index in [1.54, 1.807) is 6.33 Å². The lowest BCUT2D eigenvalue weighted by Gasteiger charge is -2.20. The van der Waals surface area contributed by atoms with Crippen molar-refractivity contribution in [1.29, 1.82) is 0 Å². The van der Waals surface area contributed by atoms with E-state index in [4.69, 9.17) is 4.98 Å².